The average Bonchev–Trinajstić information content (AvgIpc) is 1.59. The zero-order chi connectivity index (χ0) is 6.85. The minimum atomic E-state index is 0. The van der Waals surface area contributed by atoms with Crippen molar-refractivity contribution in [3.63, 3.8) is 0 Å². The summed E-state index contributed by atoms with van der Waals surface area (Å²) >= 11 is 9.53. The molecular formula is C4H4Br3N3. The van der Waals surface area contributed by atoms with Crippen molar-refractivity contribution in [2.75, 3.05) is 0 Å². The third-order valence-electron chi connectivity index (χ3n) is 0.636. The van der Waals surface area contributed by atoms with Crippen LogP contribution in [0.3, 0.4) is 0 Å². The zero-order valence-corrected chi connectivity index (χ0v) is 9.57. The Bertz CT molecular complexity index is 177. The monoisotopic (exact) mass is 331 g/mol. The molecule has 0 spiro atoms. The van der Waals surface area contributed by atoms with Crippen LogP contribution in [-0.4, -0.2) is 9.97 Å². The number of nitrogens with zero attached hydrogens (tertiary/aromatic N) is 2. The van der Waals surface area contributed by atoms with Crippen LogP contribution in [0.4, 0.5) is 0 Å². The smallest absolute Gasteiger partial charge is 0.198 e. The lowest BCUT2D eigenvalue weighted by molar-refractivity contribution is 1.06. The van der Waals surface area contributed by atoms with Crippen LogP contribution in [0.15, 0.2) is 20.0 Å². The molecule has 0 aliphatic rings. The van der Waals surface area contributed by atoms with Crippen molar-refractivity contribution in [3.05, 3.63) is 20.0 Å². The molecule has 6 heteroatoms. The molecule has 0 atom stereocenters. The maximum atomic E-state index is 3.93. The van der Waals surface area contributed by atoms with Gasteiger partial charge in [-0.15, -0.1) is 0 Å². The van der Waals surface area contributed by atoms with Crippen LogP contribution in [0.25, 0.3) is 0 Å². The predicted octanol–water partition coefficient (Wildman–Crippen LogP) is 2.93. The summed E-state index contributed by atoms with van der Waals surface area (Å²) in [4.78, 5) is 7.85. The predicted molar refractivity (Wildman–Crippen MR) is 50.2 cm³/mol. The Hall–Kier alpha value is 0.480. The second-order valence-corrected chi connectivity index (χ2v) is 3.62. The van der Waals surface area contributed by atoms with Crippen molar-refractivity contribution in [2.45, 2.75) is 0 Å². The van der Waals surface area contributed by atoms with Crippen molar-refractivity contribution in [2.24, 2.45) is 0 Å². The first-order valence-corrected chi connectivity index (χ1v) is 4.42. The molecular weight excluding hydrogens is 330 g/mol. The maximum absolute atomic E-state index is 3.93. The molecule has 56 valence electrons. The zero-order valence-electron chi connectivity index (χ0n) is 4.81. The van der Waals surface area contributed by atoms with Crippen LogP contribution in [0.1, 0.15) is 0 Å². The molecule has 10 heavy (non-hydrogen) atoms. The molecule has 3 nitrogen and oxygen atoms in total. The van der Waals surface area contributed by atoms with Crippen LogP contribution < -0.4 is 6.15 Å². The Morgan fingerprint density at radius 1 is 1.00 bits per heavy atom. The van der Waals surface area contributed by atoms with Crippen LogP contribution in [0.2, 0.25) is 0 Å². The van der Waals surface area contributed by atoms with Gasteiger partial charge in [0.15, 0.2) is 4.73 Å². The van der Waals surface area contributed by atoms with Crippen molar-refractivity contribution >= 4 is 47.8 Å². The second-order valence-electron chi connectivity index (χ2n) is 1.28. The van der Waals surface area contributed by atoms with Gasteiger partial charge in [0, 0.05) is 6.07 Å². The maximum Gasteiger partial charge on any atom is 0.198 e. The Labute approximate surface area is 83.6 Å². The van der Waals surface area contributed by atoms with E-state index >= 15 is 0 Å². The summed E-state index contributed by atoms with van der Waals surface area (Å²) in [5, 5.41) is 0. The van der Waals surface area contributed by atoms with E-state index in [1.54, 1.807) is 6.07 Å². The van der Waals surface area contributed by atoms with Gasteiger partial charge in [-0.2, -0.15) is 0 Å². The largest absolute Gasteiger partial charge is 0.344 e. The first-order valence-electron chi connectivity index (χ1n) is 2.04. The molecule has 0 bridgehead atoms. The summed E-state index contributed by atoms with van der Waals surface area (Å²) in [7, 11) is 0. The lowest BCUT2D eigenvalue weighted by Gasteiger charge is -1.90. The minimum absolute atomic E-state index is 0. The summed E-state index contributed by atoms with van der Waals surface area (Å²) < 4.78 is 2.09. The van der Waals surface area contributed by atoms with Gasteiger partial charge in [0.05, 0.1) is 0 Å². The molecule has 0 saturated carbocycles. The third kappa shape index (κ3) is 3.05. The molecule has 0 amide bonds. The molecule has 3 N–H and O–H groups in total. The molecule has 1 aromatic rings. The fourth-order valence-corrected chi connectivity index (χ4v) is 2.30. The summed E-state index contributed by atoms with van der Waals surface area (Å²) in [5.74, 6) is 0. The Kier molecular flexibility index (Phi) is 4.59. The average molecular weight is 334 g/mol. The van der Waals surface area contributed by atoms with Gasteiger partial charge in [-0.1, -0.05) is 0 Å². The summed E-state index contributed by atoms with van der Waals surface area (Å²) in [6.07, 6.45) is 0. The number of rotatable bonds is 0. The highest BCUT2D eigenvalue weighted by Gasteiger charge is 1.94. The van der Waals surface area contributed by atoms with Crippen molar-refractivity contribution in [3.8, 4) is 0 Å². The summed E-state index contributed by atoms with van der Waals surface area (Å²) in [6.45, 7) is 0. The Morgan fingerprint density at radius 3 is 1.70 bits per heavy atom. The molecule has 0 radical (unpaired) electrons. The highest BCUT2D eigenvalue weighted by Crippen LogP contribution is 2.15. The topological polar surface area (TPSA) is 60.8 Å². The highest BCUT2D eigenvalue weighted by molar-refractivity contribution is 9.11. The first kappa shape index (κ1) is 10.5. The van der Waals surface area contributed by atoms with E-state index in [-0.39, 0.29) is 6.15 Å². The van der Waals surface area contributed by atoms with Gasteiger partial charge in [-0.3, -0.25) is 0 Å². The van der Waals surface area contributed by atoms with Gasteiger partial charge in [-0.05, 0) is 47.8 Å². The Balaban J connectivity index is 0.000000810. The van der Waals surface area contributed by atoms with Crippen molar-refractivity contribution in [1.82, 2.24) is 16.1 Å². The SMILES string of the molecule is Brc1cc(Br)nc(Br)n1.N. The van der Waals surface area contributed by atoms with Crippen LogP contribution >= 0.6 is 47.8 Å². The second kappa shape index (κ2) is 4.38. The number of hydrogen-bond donors (Lipinski definition) is 1. The van der Waals surface area contributed by atoms with Crippen LogP contribution in [0, 0.1) is 0 Å². The van der Waals surface area contributed by atoms with E-state index in [1.807, 2.05) is 0 Å². The summed E-state index contributed by atoms with van der Waals surface area (Å²) in [6, 6.07) is 1.77. The van der Waals surface area contributed by atoms with E-state index in [9.17, 15) is 0 Å². The highest BCUT2D eigenvalue weighted by atomic mass is 79.9. The van der Waals surface area contributed by atoms with Gasteiger partial charge in [-0.25, -0.2) is 9.97 Å². The molecule has 0 aromatic carbocycles. The van der Waals surface area contributed by atoms with Crippen LogP contribution in [0.5, 0.6) is 0 Å². The fraction of sp³-hybridized carbons (Fsp3) is 0. The van der Waals surface area contributed by atoms with Gasteiger partial charge in [0.2, 0.25) is 0 Å². The fourth-order valence-electron chi connectivity index (χ4n) is 0.364. The molecule has 0 saturated heterocycles. The van der Waals surface area contributed by atoms with Gasteiger partial charge >= 0.3 is 0 Å². The minimum Gasteiger partial charge on any atom is -0.344 e. The molecule has 0 unspecified atom stereocenters. The van der Waals surface area contributed by atoms with E-state index in [4.69, 9.17) is 0 Å². The van der Waals surface area contributed by atoms with E-state index in [0.29, 0.717) is 4.73 Å². The molecule has 0 aliphatic carbocycles. The quantitative estimate of drug-likeness (QED) is 0.586. The molecule has 1 aromatic heterocycles. The number of hydrogen-bond acceptors (Lipinski definition) is 3. The molecule has 0 fully saturated rings. The lowest BCUT2D eigenvalue weighted by atomic mass is 10.7. The van der Waals surface area contributed by atoms with E-state index in [2.05, 4.69) is 57.8 Å². The normalized spacial score (nSPS) is 8.70. The van der Waals surface area contributed by atoms with Gasteiger partial charge in [0.1, 0.15) is 9.21 Å². The van der Waals surface area contributed by atoms with Crippen LogP contribution in [-0.2, 0) is 0 Å². The van der Waals surface area contributed by atoms with Crippen molar-refractivity contribution in [1.29, 1.82) is 0 Å². The molecule has 1 rings (SSSR count). The van der Waals surface area contributed by atoms with Gasteiger partial charge in [0.25, 0.3) is 0 Å². The standard InChI is InChI=1S/C4HBr3N2.H3N/c5-2-1-3(6)9-4(7)8-2;/h1H;1H3. The first-order chi connectivity index (χ1) is 4.18. The summed E-state index contributed by atoms with van der Waals surface area (Å²) in [5.41, 5.74) is 0. The van der Waals surface area contributed by atoms with Crippen molar-refractivity contribution < 1.29 is 0 Å². The lowest BCUT2D eigenvalue weighted by Crippen LogP contribution is -1.82. The molecule has 1 heterocycles. The van der Waals surface area contributed by atoms with E-state index in [1.165, 1.54) is 0 Å². The Morgan fingerprint density at radius 2 is 1.40 bits per heavy atom. The van der Waals surface area contributed by atoms with Gasteiger partial charge < -0.3 is 6.15 Å². The molecule has 0 aliphatic heterocycles. The van der Waals surface area contributed by atoms with E-state index < -0.39 is 0 Å². The number of halogens is 3. The third-order valence-corrected chi connectivity index (χ3v) is 1.80. The van der Waals surface area contributed by atoms with E-state index in [0.717, 1.165) is 9.21 Å². The number of aromatic nitrogens is 2.